The van der Waals surface area contributed by atoms with E-state index in [-0.39, 0.29) is 12.0 Å². The average Bonchev–Trinajstić information content (AvgIpc) is 3.39. The molecule has 3 aromatic rings. The molecule has 1 saturated heterocycles. The van der Waals surface area contributed by atoms with E-state index in [1.807, 2.05) is 43.3 Å². The molecular weight excluding hydrogens is 342 g/mol. The number of hydrogen-bond donors (Lipinski definition) is 1. The maximum absolute atomic E-state index is 12.3. The van der Waals surface area contributed by atoms with Crippen LogP contribution in [0.15, 0.2) is 52.9 Å². The number of ether oxygens (including phenoxy) is 1. The van der Waals surface area contributed by atoms with Crippen molar-refractivity contribution in [2.24, 2.45) is 0 Å². The van der Waals surface area contributed by atoms with Gasteiger partial charge in [-0.05, 0) is 55.7 Å². The van der Waals surface area contributed by atoms with E-state index in [1.54, 1.807) is 12.1 Å². The first kappa shape index (κ1) is 17.4. The van der Waals surface area contributed by atoms with E-state index in [2.05, 4.69) is 15.5 Å². The lowest BCUT2D eigenvalue weighted by atomic mass is 10.1. The summed E-state index contributed by atoms with van der Waals surface area (Å²) in [6.07, 6.45) is 2.19. The van der Waals surface area contributed by atoms with Gasteiger partial charge in [0.15, 0.2) is 0 Å². The Morgan fingerprint density at radius 2 is 1.89 bits per heavy atom. The first-order chi connectivity index (χ1) is 13.2. The molecule has 0 bridgehead atoms. The van der Waals surface area contributed by atoms with Crippen molar-refractivity contribution in [2.75, 3.05) is 13.2 Å². The van der Waals surface area contributed by atoms with Gasteiger partial charge in [-0.1, -0.05) is 18.2 Å². The van der Waals surface area contributed by atoms with E-state index in [1.165, 1.54) is 0 Å². The molecule has 4 rings (SSSR count). The quantitative estimate of drug-likeness (QED) is 0.749. The second kappa shape index (κ2) is 7.72. The summed E-state index contributed by atoms with van der Waals surface area (Å²) in [6.45, 7) is 3.33. The Morgan fingerprint density at radius 1 is 1.11 bits per heavy atom. The van der Waals surface area contributed by atoms with Gasteiger partial charge in [0, 0.05) is 29.8 Å². The minimum absolute atomic E-state index is 0.108. The lowest BCUT2D eigenvalue weighted by molar-refractivity contribution is 0.0858. The van der Waals surface area contributed by atoms with Crippen LogP contribution in [0.5, 0.6) is 0 Å². The number of hydrogen-bond acceptors (Lipinski definition) is 5. The van der Waals surface area contributed by atoms with Crippen molar-refractivity contribution in [1.82, 2.24) is 15.5 Å². The number of aromatic nitrogens is 2. The summed E-state index contributed by atoms with van der Waals surface area (Å²) in [5.74, 6) is 0.809. The second-order valence-electron chi connectivity index (χ2n) is 6.65. The predicted octanol–water partition coefficient (Wildman–Crippen LogP) is 3.62. The zero-order valence-corrected chi connectivity index (χ0v) is 15.1. The van der Waals surface area contributed by atoms with Gasteiger partial charge in [-0.25, -0.2) is 0 Å². The SMILES string of the molecule is Cc1ccccc1-c1nnc(-c2ccc(C(=O)NC[C@@H]3CCCO3)cc2)o1. The Hall–Kier alpha value is -2.99. The van der Waals surface area contributed by atoms with Crippen LogP contribution in [0.25, 0.3) is 22.9 Å². The predicted molar refractivity (Wildman–Crippen MR) is 101 cm³/mol. The van der Waals surface area contributed by atoms with Crippen molar-refractivity contribution < 1.29 is 13.9 Å². The van der Waals surface area contributed by atoms with Crippen LogP contribution in [0.3, 0.4) is 0 Å². The average molecular weight is 363 g/mol. The van der Waals surface area contributed by atoms with Crippen molar-refractivity contribution in [3.63, 3.8) is 0 Å². The van der Waals surface area contributed by atoms with Gasteiger partial charge < -0.3 is 14.5 Å². The molecule has 6 heteroatoms. The first-order valence-corrected chi connectivity index (χ1v) is 9.10. The molecule has 1 aliphatic rings. The minimum atomic E-state index is -0.108. The van der Waals surface area contributed by atoms with Crippen LogP contribution in [0, 0.1) is 6.92 Å². The van der Waals surface area contributed by atoms with Crippen molar-refractivity contribution in [3.8, 4) is 22.9 Å². The fraction of sp³-hybridized carbons (Fsp3) is 0.286. The van der Waals surface area contributed by atoms with Crippen LogP contribution in [-0.4, -0.2) is 35.4 Å². The van der Waals surface area contributed by atoms with E-state index in [0.717, 1.165) is 36.1 Å². The first-order valence-electron chi connectivity index (χ1n) is 9.10. The number of benzene rings is 2. The third-order valence-electron chi connectivity index (χ3n) is 4.71. The number of carbonyl (C=O) groups excluding carboxylic acids is 1. The topological polar surface area (TPSA) is 77.2 Å². The Balaban J connectivity index is 1.44. The highest BCUT2D eigenvalue weighted by Gasteiger charge is 2.17. The summed E-state index contributed by atoms with van der Waals surface area (Å²) >= 11 is 0. The molecule has 1 fully saturated rings. The van der Waals surface area contributed by atoms with Gasteiger partial charge in [-0.15, -0.1) is 10.2 Å². The summed E-state index contributed by atoms with van der Waals surface area (Å²) in [4.78, 5) is 12.3. The van der Waals surface area contributed by atoms with Gasteiger partial charge >= 0.3 is 0 Å². The van der Waals surface area contributed by atoms with E-state index in [4.69, 9.17) is 9.15 Å². The molecule has 0 unspecified atom stereocenters. The molecule has 0 radical (unpaired) electrons. The molecule has 2 aromatic carbocycles. The van der Waals surface area contributed by atoms with E-state index in [0.29, 0.717) is 23.9 Å². The monoisotopic (exact) mass is 363 g/mol. The zero-order chi connectivity index (χ0) is 18.6. The molecule has 1 N–H and O–H groups in total. The normalized spacial score (nSPS) is 16.4. The van der Waals surface area contributed by atoms with Crippen LogP contribution in [0.1, 0.15) is 28.8 Å². The van der Waals surface area contributed by atoms with Gasteiger partial charge in [-0.2, -0.15) is 0 Å². The zero-order valence-electron chi connectivity index (χ0n) is 15.1. The number of carbonyl (C=O) groups is 1. The van der Waals surface area contributed by atoms with Crippen LogP contribution in [-0.2, 0) is 4.74 Å². The number of amides is 1. The number of nitrogens with zero attached hydrogens (tertiary/aromatic N) is 2. The molecule has 1 aromatic heterocycles. The minimum Gasteiger partial charge on any atom is -0.416 e. The van der Waals surface area contributed by atoms with Crippen LogP contribution in [0.2, 0.25) is 0 Å². The highest BCUT2D eigenvalue weighted by atomic mass is 16.5. The summed E-state index contributed by atoms with van der Waals surface area (Å²) in [5.41, 5.74) is 3.36. The summed E-state index contributed by atoms with van der Waals surface area (Å²) in [6, 6.07) is 15.0. The van der Waals surface area contributed by atoms with Gasteiger partial charge in [-0.3, -0.25) is 4.79 Å². The maximum Gasteiger partial charge on any atom is 0.251 e. The number of aryl methyl sites for hydroxylation is 1. The highest BCUT2D eigenvalue weighted by Crippen LogP contribution is 2.26. The fourth-order valence-corrected chi connectivity index (χ4v) is 3.14. The lowest BCUT2D eigenvalue weighted by Crippen LogP contribution is -2.31. The molecule has 1 amide bonds. The fourth-order valence-electron chi connectivity index (χ4n) is 3.14. The Labute approximate surface area is 157 Å². The van der Waals surface area contributed by atoms with Gasteiger partial charge in [0.05, 0.1) is 6.10 Å². The van der Waals surface area contributed by atoms with Gasteiger partial charge in [0.1, 0.15) is 0 Å². The highest BCUT2D eigenvalue weighted by molar-refractivity contribution is 5.94. The van der Waals surface area contributed by atoms with Crippen molar-refractivity contribution in [3.05, 3.63) is 59.7 Å². The molecular formula is C21H21N3O3. The van der Waals surface area contributed by atoms with Crippen molar-refractivity contribution in [1.29, 1.82) is 0 Å². The smallest absolute Gasteiger partial charge is 0.251 e. The third kappa shape index (κ3) is 3.90. The van der Waals surface area contributed by atoms with Crippen molar-refractivity contribution >= 4 is 5.91 Å². The summed E-state index contributed by atoms with van der Waals surface area (Å²) < 4.78 is 11.3. The number of nitrogens with one attached hydrogen (secondary N) is 1. The van der Waals surface area contributed by atoms with E-state index >= 15 is 0 Å². The van der Waals surface area contributed by atoms with Crippen LogP contribution in [0.4, 0.5) is 0 Å². The molecule has 27 heavy (non-hydrogen) atoms. The van der Waals surface area contributed by atoms with Gasteiger partial charge in [0.25, 0.3) is 5.91 Å². The Kier molecular flexibility index (Phi) is 4.98. The van der Waals surface area contributed by atoms with Crippen LogP contribution < -0.4 is 5.32 Å². The largest absolute Gasteiger partial charge is 0.416 e. The summed E-state index contributed by atoms with van der Waals surface area (Å²) in [5, 5.41) is 11.2. The summed E-state index contributed by atoms with van der Waals surface area (Å²) in [7, 11) is 0. The second-order valence-corrected chi connectivity index (χ2v) is 6.65. The molecule has 0 aliphatic carbocycles. The third-order valence-corrected chi connectivity index (χ3v) is 4.71. The van der Waals surface area contributed by atoms with Gasteiger partial charge in [0.2, 0.25) is 11.8 Å². The Morgan fingerprint density at radius 3 is 2.63 bits per heavy atom. The lowest BCUT2D eigenvalue weighted by Gasteiger charge is -2.10. The molecule has 1 atom stereocenters. The number of rotatable bonds is 5. The molecule has 0 spiro atoms. The molecule has 0 saturated carbocycles. The molecule has 6 nitrogen and oxygen atoms in total. The molecule has 138 valence electrons. The van der Waals surface area contributed by atoms with Crippen LogP contribution >= 0.6 is 0 Å². The standard InChI is InChI=1S/C21H21N3O3/c1-14-5-2-3-7-18(14)21-24-23-20(27-21)16-10-8-15(9-11-16)19(25)22-13-17-6-4-12-26-17/h2-3,5,7-11,17H,4,6,12-13H2,1H3,(H,22,25)/t17-/m0/s1. The Bertz CT molecular complexity index is 928. The van der Waals surface area contributed by atoms with E-state index < -0.39 is 0 Å². The maximum atomic E-state index is 12.3. The molecule has 2 heterocycles. The van der Waals surface area contributed by atoms with Crippen molar-refractivity contribution in [2.45, 2.75) is 25.9 Å². The van der Waals surface area contributed by atoms with E-state index in [9.17, 15) is 4.79 Å². The molecule has 1 aliphatic heterocycles.